The highest BCUT2D eigenvalue weighted by atomic mass is 35.5. The van der Waals surface area contributed by atoms with E-state index in [1.54, 1.807) is 24.1 Å². The van der Waals surface area contributed by atoms with E-state index in [1.807, 2.05) is 36.4 Å². The maximum Gasteiger partial charge on any atom is 0.303 e. The highest BCUT2D eigenvalue weighted by Crippen LogP contribution is 2.30. The zero-order chi connectivity index (χ0) is 17.7. The minimum Gasteiger partial charge on any atom is -0.453 e. The zero-order valence-electron chi connectivity index (χ0n) is 14.0. The van der Waals surface area contributed by atoms with Crippen LogP contribution in [-0.2, 0) is 20.9 Å². The van der Waals surface area contributed by atoms with Crippen LogP contribution in [0.5, 0.6) is 0 Å². The number of esters is 1. The van der Waals surface area contributed by atoms with Gasteiger partial charge in [-0.05, 0) is 23.3 Å². The van der Waals surface area contributed by atoms with Crippen molar-refractivity contribution in [1.29, 1.82) is 0 Å². The van der Waals surface area contributed by atoms with Gasteiger partial charge in [-0.1, -0.05) is 48.0 Å². The molecule has 24 heavy (non-hydrogen) atoms. The molecule has 0 aliphatic rings. The Kier molecular flexibility index (Phi) is 5.99. The van der Waals surface area contributed by atoms with Gasteiger partial charge in [-0.25, -0.2) is 0 Å². The van der Waals surface area contributed by atoms with E-state index in [-0.39, 0.29) is 11.9 Å². The van der Waals surface area contributed by atoms with Crippen LogP contribution in [0.1, 0.15) is 36.6 Å². The number of rotatable bonds is 5. The van der Waals surface area contributed by atoms with Gasteiger partial charge in [0, 0.05) is 38.0 Å². The number of halogens is 1. The second-order valence-electron chi connectivity index (χ2n) is 5.61. The third kappa shape index (κ3) is 4.59. The molecule has 4 nitrogen and oxygen atoms in total. The lowest BCUT2D eigenvalue weighted by Gasteiger charge is -2.23. The van der Waals surface area contributed by atoms with E-state index >= 15 is 0 Å². The first-order valence-electron chi connectivity index (χ1n) is 7.60. The van der Waals surface area contributed by atoms with E-state index < -0.39 is 6.10 Å². The smallest absolute Gasteiger partial charge is 0.303 e. The predicted octanol–water partition coefficient (Wildman–Crippen LogP) is 3.97. The summed E-state index contributed by atoms with van der Waals surface area (Å²) in [5, 5.41) is 0.616. The number of ether oxygens (including phenoxy) is 1. The molecule has 0 N–H and O–H groups in total. The summed E-state index contributed by atoms with van der Waals surface area (Å²) in [6.45, 7) is 3.34. The maximum absolute atomic E-state index is 11.6. The third-order valence-electron chi connectivity index (χ3n) is 3.74. The van der Waals surface area contributed by atoms with Crippen LogP contribution in [0.25, 0.3) is 0 Å². The van der Waals surface area contributed by atoms with Crippen molar-refractivity contribution in [2.45, 2.75) is 26.5 Å². The summed E-state index contributed by atoms with van der Waals surface area (Å²) < 4.78 is 5.56. The number of hydrogen-bond acceptors (Lipinski definition) is 3. The van der Waals surface area contributed by atoms with Crippen LogP contribution >= 0.6 is 11.6 Å². The van der Waals surface area contributed by atoms with E-state index in [4.69, 9.17) is 16.3 Å². The van der Waals surface area contributed by atoms with Gasteiger partial charge < -0.3 is 9.64 Å². The number of carbonyl (C=O) groups is 2. The Bertz CT molecular complexity index is 728. The number of hydrogen-bond donors (Lipinski definition) is 0. The molecule has 0 aromatic heterocycles. The first-order chi connectivity index (χ1) is 11.4. The van der Waals surface area contributed by atoms with E-state index in [1.165, 1.54) is 13.8 Å². The van der Waals surface area contributed by atoms with Gasteiger partial charge >= 0.3 is 5.97 Å². The van der Waals surface area contributed by atoms with Crippen molar-refractivity contribution in [3.63, 3.8) is 0 Å². The molecular weight excluding hydrogens is 326 g/mol. The molecule has 0 fully saturated rings. The van der Waals surface area contributed by atoms with E-state index in [0.717, 1.165) is 16.7 Å². The summed E-state index contributed by atoms with van der Waals surface area (Å²) in [7, 11) is 1.74. The average molecular weight is 346 g/mol. The van der Waals surface area contributed by atoms with Crippen LogP contribution in [0.15, 0.2) is 48.5 Å². The van der Waals surface area contributed by atoms with Crippen LogP contribution in [-0.4, -0.2) is 23.8 Å². The van der Waals surface area contributed by atoms with E-state index in [2.05, 4.69) is 0 Å². The van der Waals surface area contributed by atoms with Crippen molar-refractivity contribution in [3.05, 3.63) is 70.2 Å². The predicted molar refractivity (Wildman–Crippen MR) is 93.7 cm³/mol. The molecule has 0 saturated carbocycles. The molecule has 1 atom stereocenters. The van der Waals surface area contributed by atoms with Gasteiger partial charge in [0.15, 0.2) is 6.10 Å². The fraction of sp³-hybridized carbons (Fsp3) is 0.263. The summed E-state index contributed by atoms with van der Waals surface area (Å²) in [5.74, 6) is -0.398. The Hall–Kier alpha value is -2.33. The molecule has 5 heteroatoms. The first kappa shape index (κ1) is 18.0. The third-order valence-corrected chi connectivity index (χ3v) is 3.99. The van der Waals surface area contributed by atoms with E-state index in [9.17, 15) is 9.59 Å². The van der Waals surface area contributed by atoms with Crippen LogP contribution < -0.4 is 0 Å². The second kappa shape index (κ2) is 7.97. The fourth-order valence-electron chi connectivity index (χ4n) is 2.42. The largest absolute Gasteiger partial charge is 0.453 e. The molecule has 2 rings (SSSR count). The second-order valence-corrected chi connectivity index (χ2v) is 6.05. The average Bonchev–Trinajstić information content (AvgIpc) is 2.54. The van der Waals surface area contributed by atoms with Crippen LogP contribution in [0.4, 0.5) is 0 Å². The molecule has 0 aliphatic carbocycles. The normalized spacial score (nSPS) is 11.7. The monoisotopic (exact) mass is 345 g/mol. The highest BCUT2D eigenvalue weighted by molar-refractivity contribution is 6.30. The van der Waals surface area contributed by atoms with Gasteiger partial charge in [0.05, 0.1) is 0 Å². The molecule has 0 spiro atoms. The summed E-state index contributed by atoms with van der Waals surface area (Å²) in [6, 6.07) is 14.8. The van der Waals surface area contributed by atoms with Gasteiger partial charge in [-0.2, -0.15) is 0 Å². The van der Waals surface area contributed by atoms with Crippen LogP contribution in [0.3, 0.4) is 0 Å². The summed E-state index contributed by atoms with van der Waals surface area (Å²) >= 11 is 5.95. The molecule has 0 radical (unpaired) electrons. The molecule has 0 saturated heterocycles. The van der Waals surface area contributed by atoms with Gasteiger partial charge in [-0.15, -0.1) is 0 Å². The standard InChI is InChI=1S/C19H20ClNO3/c1-13(22)21(3)12-16-6-4-5-7-18(16)19(24-14(2)23)15-8-10-17(20)11-9-15/h4-11,19H,12H2,1-3H3/t19-/m0/s1. The fourth-order valence-corrected chi connectivity index (χ4v) is 2.54. The van der Waals surface area contributed by atoms with Crippen molar-refractivity contribution in [1.82, 2.24) is 4.90 Å². The summed E-state index contributed by atoms with van der Waals surface area (Å²) in [4.78, 5) is 24.8. The lowest BCUT2D eigenvalue weighted by Crippen LogP contribution is -2.24. The molecule has 2 aromatic rings. The first-order valence-corrected chi connectivity index (χ1v) is 7.98. The zero-order valence-corrected chi connectivity index (χ0v) is 14.7. The quantitative estimate of drug-likeness (QED) is 0.770. The minimum atomic E-state index is -0.545. The Morgan fingerprint density at radius 2 is 1.71 bits per heavy atom. The Morgan fingerprint density at radius 3 is 2.29 bits per heavy atom. The molecule has 0 heterocycles. The molecule has 2 aromatic carbocycles. The highest BCUT2D eigenvalue weighted by Gasteiger charge is 2.21. The van der Waals surface area contributed by atoms with Gasteiger partial charge in [-0.3, -0.25) is 9.59 Å². The van der Waals surface area contributed by atoms with E-state index in [0.29, 0.717) is 11.6 Å². The van der Waals surface area contributed by atoms with Crippen molar-refractivity contribution >= 4 is 23.5 Å². The van der Waals surface area contributed by atoms with Crippen molar-refractivity contribution < 1.29 is 14.3 Å². The Labute approximate surface area is 147 Å². The molecule has 0 aliphatic heterocycles. The molecule has 126 valence electrons. The molecule has 0 unspecified atom stereocenters. The topological polar surface area (TPSA) is 46.6 Å². The maximum atomic E-state index is 11.6. The lowest BCUT2D eigenvalue weighted by molar-refractivity contribution is -0.144. The van der Waals surface area contributed by atoms with Crippen LogP contribution in [0.2, 0.25) is 5.02 Å². The number of nitrogens with zero attached hydrogens (tertiary/aromatic N) is 1. The molecular formula is C19H20ClNO3. The molecule has 0 bridgehead atoms. The van der Waals surface area contributed by atoms with Gasteiger partial charge in [0.25, 0.3) is 0 Å². The number of benzene rings is 2. The van der Waals surface area contributed by atoms with Crippen molar-refractivity contribution in [2.75, 3.05) is 7.05 Å². The minimum absolute atomic E-state index is 0.0275. The number of amides is 1. The SMILES string of the molecule is CC(=O)O[C@@H](c1ccc(Cl)cc1)c1ccccc1CN(C)C(C)=O. The van der Waals surface area contributed by atoms with Gasteiger partial charge in [0.1, 0.15) is 0 Å². The lowest BCUT2D eigenvalue weighted by atomic mass is 9.96. The van der Waals surface area contributed by atoms with Crippen LogP contribution in [0, 0.1) is 0 Å². The summed E-state index contributed by atoms with van der Waals surface area (Å²) in [5.41, 5.74) is 2.60. The van der Waals surface area contributed by atoms with Crippen molar-refractivity contribution in [2.24, 2.45) is 0 Å². The van der Waals surface area contributed by atoms with Crippen molar-refractivity contribution in [3.8, 4) is 0 Å². The summed E-state index contributed by atoms with van der Waals surface area (Å²) in [6.07, 6.45) is -0.545. The Balaban J connectivity index is 2.44. The Morgan fingerprint density at radius 1 is 1.08 bits per heavy atom. The van der Waals surface area contributed by atoms with Gasteiger partial charge in [0.2, 0.25) is 5.91 Å². The molecule has 1 amide bonds. The number of carbonyl (C=O) groups excluding carboxylic acids is 2.